The van der Waals surface area contributed by atoms with Crippen molar-refractivity contribution in [2.24, 2.45) is 0 Å². The summed E-state index contributed by atoms with van der Waals surface area (Å²) < 4.78 is 16.2. The summed E-state index contributed by atoms with van der Waals surface area (Å²) in [4.78, 5) is 24.1. The minimum Gasteiger partial charge on any atom is -0.497 e. The molecule has 0 saturated heterocycles. The van der Waals surface area contributed by atoms with Gasteiger partial charge in [0.2, 0.25) is 5.91 Å². The monoisotopic (exact) mass is 358 g/mol. The molecule has 2 aromatic rings. The van der Waals surface area contributed by atoms with Gasteiger partial charge in [0, 0.05) is 19.4 Å². The highest BCUT2D eigenvalue weighted by Gasteiger charge is 2.23. The molecular formula is C17H18N4O5. The fourth-order valence-corrected chi connectivity index (χ4v) is 2.37. The Morgan fingerprint density at radius 1 is 1.31 bits per heavy atom. The zero-order valence-corrected chi connectivity index (χ0v) is 14.5. The van der Waals surface area contributed by atoms with Gasteiger partial charge in [0.15, 0.2) is 5.69 Å². The van der Waals surface area contributed by atoms with Gasteiger partial charge in [0.1, 0.15) is 18.4 Å². The average molecular weight is 358 g/mol. The largest absolute Gasteiger partial charge is 0.497 e. The molecule has 1 heterocycles. The maximum absolute atomic E-state index is 12.2. The first-order valence-electron chi connectivity index (χ1n) is 7.43. The molecule has 0 fully saturated rings. The van der Waals surface area contributed by atoms with E-state index in [0.717, 1.165) is 0 Å². The van der Waals surface area contributed by atoms with Crippen molar-refractivity contribution in [3.63, 3.8) is 0 Å². The van der Waals surface area contributed by atoms with Crippen molar-refractivity contribution in [2.75, 3.05) is 39.0 Å². The number of aromatic nitrogens is 1. The summed E-state index contributed by atoms with van der Waals surface area (Å²) in [7, 11) is 4.09. The zero-order valence-electron chi connectivity index (χ0n) is 14.5. The van der Waals surface area contributed by atoms with Crippen molar-refractivity contribution >= 4 is 23.3 Å². The van der Waals surface area contributed by atoms with Gasteiger partial charge in [-0.25, -0.2) is 4.79 Å². The molecule has 2 rings (SSSR count). The van der Waals surface area contributed by atoms with Gasteiger partial charge in [-0.05, 0) is 12.1 Å². The lowest BCUT2D eigenvalue weighted by Crippen LogP contribution is -2.19. The fraction of sp³-hybridized carbons (Fsp3) is 0.235. The number of esters is 1. The topological polar surface area (TPSA) is 129 Å². The molecule has 0 aliphatic heterocycles. The number of nitrogens with zero attached hydrogens (tertiary/aromatic N) is 2. The number of benzene rings is 1. The standard InChI is InChI=1S/C17H18N4O5/c1-24-9-14(22)20-12-5-4-11(25-2)6-13(12)21-8-10(7-18)15(19)16(21)17(23)26-3/h4-6,8H,9,19H2,1-3H3,(H,20,22). The molecule has 0 saturated carbocycles. The Morgan fingerprint density at radius 3 is 2.62 bits per heavy atom. The Hall–Kier alpha value is -3.51. The number of hydrogen-bond acceptors (Lipinski definition) is 7. The van der Waals surface area contributed by atoms with Crippen molar-refractivity contribution in [1.82, 2.24) is 4.57 Å². The number of nitriles is 1. The summed E-state index contributed by atoms with van der Waals surface area (Å²) in [6.07, 6.45) is 1.39. The molecule has 3 N–H and O–H groups in total. The van der Waals surface area contributed by atoms with E-state index in [4.69, 9.17) is 19.9 Å². The molecule has 1 aromatic carbocycles. The van der Waals surface area contributed by atoms with E-state index in [2.05, 4.69) is 5.32 Å². The molecule has 1 aromatic heterocycles. The molecule has 0 bridgehead atoms. The second kappa shape index (κ2) is 8.04. The second-order valence-corrected chi connectivity index (χ2v) is 5.14. The lowest BCUT2D eigenvalue weighted by molar-refractivity contribution is -0.119. The Labute approximate surface area is 149 Å². The number of rotatable bonds is 6. The fourth-order valence-electron chi connectivity index (χ4n) is 2.37. The van der Waals surface area contributed by atoms with Crippen LogP contribution in [0.25, 0.3) is 5.69 Å². The van der Waals surface area contributed by atoms with Gasteiger partial charge < -0.3 is 29.8 Å². The molecule has 26 heavy (non-hydrogen) atoms. The number of nitrogens with two attached hydrogens (primary N) is 1. The van der Waals surface area contributed by atoms with Crippen LogP contribution in [0.3, 0.4) is 0 Å². The second-order valence-electron chi connectivity index (χ2n) is 5.14. The van der Waals surface area contributed by atoms with Crippen LogP contribution in [0, 0.1) is 11.3 Å². The van der Waals surface area contributed by atoms with E-state index in [1.165, 1.54) is 32.1 Å². The predicted octanol–water partition coefficient (Wildman–Crippen LogP) is 1.31. The van der Waals surface area contributed by atoms with Crippen LogP contribution in [-0.4, -0.2) is 44.4 Å². The third-order valence-corrected chi connectivity index (χ3v) is 3.56. The number of anilines is 2. The minimum absolute atomic E-state index is 0.0173. The Morgan fingerprint density at radius 2 is 2.04 bits per heavy atom. The number of carbonyl (C=O) groups is 2. The highest BCUT2D eigenvalue weighted by Crippen LogP contribution is 2.31. The molecule has 136 valence electrons. The van der Waals surface area contributed by atoms with Gasteiger partial charge in [0.25, 0.3) is 0 Å². The molecule has 0 aliphatic rings. The third kappa shape index (κ3) is 3.60. The van der Waals surface area contributed by atoms with Crippen LogP contribution in [0.1, 0.15) is 16.1 Å². The van der Waals surface area contributed by atoms with Crippen molar-refractivity contribution in [1.29, 1.82) is 5.26 Å². The smallest absolute Gasteiger partial charge is 0.357 e. The van der Waals surface area contributed by atoms with E-state index in [0.29, 0.717) is 17.1 Å². The molecule has 9 heteroatoms. The highest BCUT2D eigenvalue weighted by molar-refractivity contribution is 5.98. The van der Waals surface area contributed by atoms with Gasteiger partial charge in [-0.3, -0.25) is 4.79 Å². The molecule has 0 radical (unpaired) electrons. The van der Waals surface area contributed by atoms with Crippen LogP contribution in [0.15, 0.2) is 24.4 Å². The van der Waals surface area contributed by atoms with Crippen LogP contribution in [0.4, 0.5) is 11.4 Å². The first-order chi connectivity index (χ1) is 12.5. The van der Waals surface area contributed by atoms with Gasteiger partial charge in [-0.2, -0.15) is 5.26 Å². The number of amides is 1. The van der Waals surface area contributed by atoms with Crippen molar-refractivity contribution in [2.45, 2.75) is 0 Å². The van der Waals surface area contributed by atoms with E-state index in [1.54, 1.807) is 18.2 Å². The van der Waals surface area contributed by atoms with E-state index in [-0.39, 0.29) is 29.5 Å². The third-order valence-electron chi connectivity index (χ3n) is 3.56. The molecule has 0 unspecified atom stereocenters. The predicted molar refractivity (Wildman–Crippen MR) is 93.3 cm³/mol. The summed E-state index contributed by atoms with van der Waals surface area (Å²) >= 11 is 0. The molecule has 9 nitrogen and oxygen atoms in total. The summed E-state index contributed by atoms with van der Waals surface area (Å²) in [5, 5.41) is 11.9. The Balaban J connectivity index is 2.68. The molecule has 0 spiro atoms. The van der Waals surface area contributed by atoms with E-state index < -0.39 is 5.97 Å². The van der Waals surface area contributed by atoms with Gasteiger partial charge in [-0.15, -0.1) is 0 Å². The Bertz CT molecular complexity index is 882. The van der Waals surface area contributed by atoms with E-state index >= 15 is 0 Å². The van der Waals surface area contributed by atoms with Crippen LogP contribution < -0.4 is 15.8 Å². The zero-order chi connectivity index (χ0) is 19.3. The van der Waals surface area contributed by atoms with E-state index in [9.17, 15) is 14.9 Å². The molecule has 0 aliphatic carbocycles. The quantitative estimate of drug-likeness (QED) is 0.745. The number of methoxy groups -OCH3 is 3. The highest BCUT2D eigenvalue weighted by atomic mass is 16.5. The maximum Gasteiger partial charge on any atom is 0.357 e. The van der Waals surface area contributed by atoms with Crippen molar-refractivity contribution in [3.05, 3.63) is 35.7 Å². The number of hydrogen-bond donors (Lipinski definition) is 2. The molecule has 0 atom stereocenters. The lowest BCUT2D eigenvalue weighted by atomic mass is 10.2. The lowest BCUT2D eigenvalue weighted by Gasteiger charge is -2.15. The van der Waals surface area contributed by atoms with E-state index in [1.807, 2.05) is 6.07 Å². The average Bonchev–Trinajstić information content (AvgIpc) is 2.97. The van der Waals surface area contributed by atoms with Gasteiger partial charge >= 0.3 is 5.97 Å². The normalized spacial score (nSPS) is 10.1. The van der Waals surface area contributed by atoms with Crippen LogP contribution in [0.2, 0.25) is 0 Å². The maximum atomic E-state index is 12.2. The summed E-state index contributed by atoms with van der Waals surface area (Å²) in [5.74, 6) is -0.633. The first-order valence-corrected chi connectivity index (χ1v) is 7.43. The SMILES string of the molecule is COCC(=O)Nc1ccc(OC)cc1-n1cc(C#N)c(N)c1C(=O)OC. The van der Waals surface area contributed by atoms with Crippen molar-refractivity contribution < 1.29 is 23.8 Å². The van der Waals surface area contributed by atoms with Crippen LogP contribution in [0.5, 0.6) is 5.75 Å². The summed E-state index contributed by atoms with van der Waals surface area (Å²) in [6, 6.07) is 6.76. The summed E-state index contributed by atoms with van der Waals surface area (Å²) in [6.45, 7) is -0.146. The number of carbonyl (C=O) groups excluding carboxylic acids is 2. The van der Waals surface area contributed by atoms with Crippen molar-refractivity contribution in [3.8, 4) is 17.5 Å². The molecular weight excluding hydrogens is 340 g/mol. The van der Waals surface area contributed by atoms with Crippen LogP contribution in [-0.2, 0) is 14.3 Å². The molecule has 1 amide bonds. The van der Waals surface area contributed by atoms with Gasteiger partial charge in [0.05, 0.1) is 36.8 Å². The number of ether oxygens (including phenoxy) is 3. The number of nitrogen functional groups attached to an aromatic ring is 1. The Kier molecular flexibility index (Phi) is 5.82. The minimum atomic E-state index is -0.721. The summed E-state index contributed by atoms with van der Waals surface area (Å²) in [5.41, 5.74) is 6.72. The first kappa shape index (κ1) is 18.8. The van der Waals surface area contributed by atoms with Crippen LogP contribution >= 0.6 is 0 Å². The van der Waals surface area contributed by atoms with Gasteiger partial charge in [-0.1, -0.05) is 0 Å². The number of nitrogens with one attached hydrogen (secondary N) is 1.